The van der Waals surface area contributed by atoms with E-state index in [1.807, 2.05) is 49.5 Å². The lowest BCUT2D eigenvalue weighted by Gasteiger charge is -2.34. The molecule has 1 saturated heterocycles. The lowest BCUT2D eigenvalue weighted by atomic mass is 10.0. The van der Waals surface area contributed by atoms with Gasteiger partial charge >= 0.3 is 0 Å². The smallest absolute Gasteiger partial charge is 0.242 e. The number of carbonyl (C=O) groups is 1. The molecule has 3 N–H and O–H groups in total. The second-order valence-corrected chi connectivity index (χ2v) is 6.96. The average Bonchev–Trinajstić information content (AvgIpc) is 3.18. The zero-order valence-corrected chi connectivity index (χ0v) is 15.4. The van der Waals surface area contributed by atoms with Gasteiger partial charge in [-0.1, -0.05) is 18.2 Å². The predicted octanol–water partition coefficient (Wildman–Crippen LogP) is 2.54. The highest BCUT2D eigenvalue weighted by Crippen LogP contribution is 2.25. The Morgan fingerprint density at radius 2 is 2.11 bits per heavy atom. The molecule has 7 nitrogen and oxygen atoms in total. The van der Waals surface area contributed by atoms with Crippen molar-refractivity contribution in [1.82, 2.24) is 20.3 Å². The molecule has 1 aliphatic rings. The van der Waals surface area contributed by atoms with E-state index in [1.54, 1.807) is 6.33 Å². The van der Waals surface area contributed by atoms with Gasteiger partial charge in [-0.05, 0) is 38.0 Å². The molecule has 1 aliphatic heterocycles. The fraction of sp³-hybridized carbons (Fsp3) is 0.350. The van der Waals surface area contributed by atoms with Gasteiger partial charge in [0.05, 0.1) is 5.39 Å². The minimum Gasteiger partial charge on any atom is -0.374 e. The molecule has 0 radical (unpaired) electrons. The van der Waals surface area contributed by atoms with Gasteiger partial charge in [0.2, 0.25) is 5.91 Å². The molecule has 7 heteroatoms. The first-order valence-corrected chi connectivity index (χ1v) is 9.36. The summed E-state index contributed by atoms with van der Waals surface area (Å²) in [6.45, 7) is 3.57. The van der Waals surface area contributed by atoms with Crippen LogP contribution in [0.15, 0.2) is 48.9 Å². The Kier molecular flexibility index (Phi) is 4.91. The van der Waals surface area contributed by atoms with Crippen LogP contribution in [0.2, 0.25) is 0 Å². The van der Waals surface area contributed by atoms with Crippen LogP contribution >= 0.6 is 0 Å². The Hall–Kier alpha value is -3.09. The number of aromatic amines is 1. The first-order valence-electron chi connectivity index (χ1n) is 9.36. The summed E-state index contributed by atoms with van der Waals surface area (Å²) in [5, 5.41) is 7.45. The number of H-pyrrole nitrogens is 1. The number of nitrogens with one attached hydrogen (secondary N) is 3. The molecular weight excluding hydrogens is 340 g/mol. The van der Waals surface area contributed by atoms with Crippen molar-refractivity contribution >= 4 is 28.4 Å². The Balaban J connectivity index is 1.39. The van der Waals surface area contributed by atoms with Gasteiger partial charge in [0, 0.05) is 31.0 Å². The molecule has 1 unspecified atom stereocenters. The summed E-state index contributed by atoms with van der Waals surface area (Å²) in [6, 6.07) is 11.6. The standard InChI is InChI=1S/C20H24N6O/c1-14(24-15-6-3-2-4-7-15)20(27)25-16-8-5-11-26(12-16)19-17-9-10-21-18(17)22-13-23-19/h2-4,6-7,9-10,13-14,16,24H,5,8,11-12H2,1H3,(H,25,27)(H,21,22,23)/t14-,16?/m1/s1. The van der Waals surface area contributed by atoms with E-state index in [-0.39, 0.29) is 18.0 Å². The normalized spacial score (nSPS) is 18.3. The van der Waals surface area contributed by atoms with Crippen LogP contribution < -0.4 is 15.5 Å². The number of fused-ring (bicyclic) bond motifs is 1. The summed E-state index contributed by atoms with van der Waals surface area (Å²) in [6.07, 6.45) is 5.45. The second-order valence-electron chi connectivity index (χ2n) is 6.96. The Morgan fingerprint density at radius 3 is 2.96 bits per heavy atom. The highest BCUT2D eigenvalue weighted by molar-refractivity contribution is 5.87. The highest BCUT2D eigenvalue weighted by atomic mass is 16.2. The van der Waals surface area contributed by atoms with Gasteiger partial charge in [0.15, 0.2) is 0 Å². The van der Waals surface area contributed by atoms with Crippen LogP contribution in [0.25, 0.3) is 11.0 Å². The number of aromatic nitrogens is 3. The molecule has 0 spiro atoms. The van der Waals surface area contributed by atoms with E-state index >= 15 is 0 Å². The van der Waals surface area contributed by atoms with Crippen molar-refractivity contribution in [3.8, 4) is 0 Å². The number of carbonyl (C=O) groups excluding carboxylic acids is 1. The molecule has 2 aromatic heterocycles. The van der Waals surface area contributed by atoms with E-state index in [9.17, 15) is 4.79 Å². The molecule has 1 aromatic carbocycles. The summed E-state index contributed by atoms with van der Waals surface area (Å²) in [5.74, 6) is 0.941. The van der Waals surface area contributed by atoms with Crippen LogP contribution in [0.4, 0.5) is 11.5 Å². The number of hydrogen-bond donors (Lipinski definition) is 3. The van der Waals surface area contributed by atoms with Gasteiger partial charge in [-0.15, -0.1) is 0 Å². The molecule has 140 valence electrons. The topological polar surface area (TPSA) is 85.9 Å². The van der Waals surface area contributed by atoms with E-state index in [0.717, 1.165) is 48.5 Å². The van der Waals surface area contributed by atoms with Crippen molar-refractivity contribution in [2.75, 3.05) is 23.3 Å². The number of piperidine rings is 1. The second kappa shape index (κ2) is 7.65. The zero-order chi connectivity index (χ0) is 18.6. The van der Waals surface area contributed by atoms with Crippen molar-refractivity contribution in [3.05, 3.63) is 48.9 Å². The molecular formula is C20H24N6O. The molecule has 27 heavy (non-hydrogen) atoms. The number of nitrogens with zero attached hydrogens (tertiary/aromatic N) is 3. The number of amides is 1. The minimum absolute atomic E-state index is 0.0141. The van der Waals surface area contributed by atoms with Gasteiger partial charge in [-0.25, -0.2) is 9.97 Å². The first kappa shape index (κ1) is 17.3. The number of para-hydroxylation sites is 1. The number of rotatable bonds is 5. The van der Waals surface area contributed by atoms with Crippen LogP contribution in [0.3, 0.4) is 0 Å². The summed E-state index contributed by atoms with van der Waals surface area (Å²) < 4.78 is 0. The Bertz CT molecular complexity index is 909. The predicted molar refractivity (Wildman–Crippen MR) is 107 cm³/mol. The molecule has 1 amide bonds. The Labute approximate surface area is 158 Å². The van der Waals surface area contributed by atoms with Gasteiger partial charge < -0.3 is 20.5 Å². The molecule has 3 heterocycles. The maximum Gasteiger partial charge on any atom is 0.242 e. The van der Waals surface area contributed by atoms with Crippen LogP contribution in [0, 0.1) is 0 Å². The fourth-order valence-corrected chi connectivity index (χ4v) is 3.57. The summed E-state index contributed by atoms with van der Waals surface area (Å²) >= 11 is 0. The zero-order valence-electron chi connectivity index (χ0n) is 15.4. The largest absolute Gasteiger partial charge is 0.374 e. The van der Waals surface area contributed by atoms with Crippen molar-refractivity contribution in [3.63, 3.8) is 0 Å². The summed E-state index contributed by atoms with van der Waals surface area (Å²) in [4.78, 5) is 26.7. The lowest BCUT2D eigenvalue weighted by Crippen LogP contribution is -2.51. The molecule has 4 rings (SSSR count). The summed E-state index contributed by atoms with van der Waals surface area (Å²) in [7, 11) is 0. The van der Waals surface area contributed by atoms with Crippen molar-refractivity contribution < 1.29 is 4.79 Å². The number of hydrogen-bond acceptors (Lipinski definition) is 5. The van der Waals surface area contributed by atoms with Crippen LogP contribution in [-0.4, -0.2) is 46.0 Å². The Morgan fingerprint density at radius 1 is 1.26 bits per heavy atom. The van der Waals surface area contributed by atoms with Crippen molar-refractivity contribution in [1.29, 1.82) is 0 Å². The maximum atomic E-state index is 12.6. The van der Waals surface area contributed by atoms with Gasteiger partial charge in [0.25, 0.3) is 0 Å². The molecule has 3 aromatic rings. The monoisotopic (exact) mass is 364 g/mol. The van der Waals surface area contributed by atoms with Crippen LogP contribution in [0.1, 0.15) is 19.8 Å². The van der Waals surface area contributed by atoms with E-state index in [4.69, 9.17) is 0 Å². The third-order valence-electron chi connectivity index (χ3n) is 4.95. The van der Waals surface area contributed by atoms with Gasteiger partial charge in [-0.3, -0.25) is 4.79 Å². The van der Waals surface area contributed by atoms with E-state index in [0.29, 0.717) is 0 Å². The van der Waals surface area contributed by atoms with Crippen LogP contribution in [0.5, 0.6) is 0 Å². The van der Waals surface area contributed by atoms with Gasteiger partial charge in [-0.2, -0.15) is 0 Å². The maximum absolute atomic E-state index is 12.6. The SMILES string of the molecule is C[C@@H](Nc1ccccc1)C(=O)NC1CCCN(c2ncnc3[nH]ccc23)C1. The fourth-order valence-electron chi connectivity index (χ4n) is 3.57. The average molecular weight is 364 g/mol. The molecule has 1 fully saturated rings. The quantitative estimate of drug-likeness (QED) is 0.648. The van der Waals surface area contributed by atoms with Crippen molar-refractivity contribution in [2.24, 2.45) is 0 Å². The molecule has 2 atom stereocenters. The number of anilines is 2. The first-order chi connectivity index (χ1) is 13.2. The van der Waals surface area contributed by atoms with E-state index < -0.39 is 0 Å². The molecule has 0 saturated carbocycles. The summed E-state index contributed by atoms with van der Waals surface area (Å²) in [5.41, 5.74) is 1.79. The van der Waals surface area contributed by atoms with Gasteiger partial charge in [0.1, 0.15) is 23.8 Å². The number of benzene rings is 1. The molecule has 0 bridgehead atoms. The van der Waals surface area contributed by atoms with Crippen LogP contribution in [-0.2, 0) is 4.79 Å². The van der Waals surface area contributed by atoms with E-state index in [2.05, 4.69) is 30.5 Å². The molecule has 0 aliphatic carbocycles. The third kappa shape index (κ3) is 3.86. The highest BCUT2D eigenvalue weighted by Gasteiger charge is 2.25. The van der Waals surface area contributed by atoms with Crippen molar-refractivity contribution in [2.45, 2.75) is 31.8 Å². The third-order valence-corrected chi connectivity index (χ3v) is 4.95. The van der Waals surface area contributed by atoms with E-state index in [1.165, 1.54) is 0 Å². The lowest BCUT2D eigenvalue weighted by molar-refractivity contribution is -0.122. The minimum atomic E-state index is -0.293.